The highest BCUT2D eigenvalue weighted by Gasteiger charge is 2.26. The maximum Gasteiger partial charge on any atom is 0.260 e. The van der Waals surface area contributed by atoms with Crippen LogP contribution in [0.15, 0.2) is 30.3 Å². The van der Waals surface area contributed by atoms with Gasteiger partial charge in [0.1, 0.15) is 5.75 Å². The number of piperidine rings is 1. The molecule has 1 aliphatic heterocycles. The number of hydrogen-bond donors (Lipinski definition) is 2. The Morgan fingerprint density at radius 3 is 2.33 bits per heavy atom. The van der Waals surface area contributed by atoms with E-state index in [9.17, 15) is 9.59 Å². The molecule has 0 bridgehead atoms. The molecule has 178 valence electrons. The maximum absolute atomic E-state index is 12.7. The van der Waals surface area contributed by atoms with Gasteiger partial charge in [-0.2, -0.15) is 0 Å². The van der Waals surface area contributed by atoms with Gasteiger partial charge in [0, 0.05) is 43.6 Å². The summed E-state index contributed by atoms with van der Waals surface area (Å²) in [5, 5.41) is 3.08. The Morgan fingerprint density at radius 2 is 1.70 bits per heavy atom. The molecule has 1 saturated heterocycles. The minimum Gasteiger partial charge on any atom is -0.483 e. The topological polar surface area (TPSA) is 87.9 Å². The fourth-order valence-electron chi connectivity index (χ4n) is 4.44. The van der Waals surface area contributed by atoms with Crippen molar-refractivity contribution in [3.05, 3.63) is 52.6 Å². The molecule has 2 amide bonds. The van der Waals surface area contributed by atoms with Crippen LogP contribution in [0, 0.1) is 27.7 Å². The van der Waals surface area contributed by atoms with Crippen molar-refractivity contribution in [1.82, 2.24) is 9.80 Å². The molecule has 0 aromatic heterocycles. The number of nitrogens with zero attached hydrogens (tertiary/aromatic N) is 2. The Morgan fingerprint density at radius 1 is 1.06 bits per heavy atom. The van der Waals surface area contributed by atoms with Crippen molar-refractivity contribution in [2.75, 3.05) is 44.3 Å². The van der Waals surface area contributed by atoms with E-state index in [1.54, 1.807) is 11.0 Å². The fraction of sp³-hybridized carbons (Fsp3) is 0.462. The van der Waals surface area contributed by atoms with Crippen molar-refractivity contribution < 1.29 is 14.3 Å². The molecule has 0 aliphatic carbocycles. The Labute approximate surface area is 196 Å². The number of aryl methyl sites for hydroxylation is 4. The highest BCUT2D eigenvalue weighted by Crippen LogP contribution is 2.23. The van der Waals surface area contributed by atoms with E-state index in [0.29, 0.717) is 18.0 Å². The second-order valence-corrected chi connectivity index (χ2v) is 9.15. The van der Waals surface area contributed by atoms with E-state index >= 15 is 0 Å². The van der Waals surface area contributed by atoms with E-state index in [4.69, 9.17) is 10.5 Å². The third-order valence-electron chi connectivity index (χ3n) is 6.37. The lowest BCUT2D eigenvalue weighted by molar-refractivity contribution is -0.135. The molecule has 0 radical (unpaired) electrons. The van der Waals surface area contributed by atoms with E-state index in [1.165, 1.54) is 5.56 Å². The number of ether oxygens (including phenoxy) is 1. The van der Waals surface area contributed by atoms with Crippen molar-refractivity contribution in [3.63, 3.8) is 0 Å². The summed E-state index contributed by atoms with van der Waals surface area (Å²) >= 11 is 0. The van der Waals surface area contributed by atoms with Crippen LogP contribution in [0.25, 0.3) is 0 Å². The average Bonchev–Trinajstić information content (AvgIpc) is 2.76. The van der Waals surface area contributed by atoms with Crippen LogP contribution in [0.2, 0.25) is 0 Å². The largest absolute Gasteiger partial charge is 0.483 e. The number of anilines is 2. The van der Waals surface area contributed by atoms with E-state index in [2.05, 4.69) is 29.3 Å². The molecule has 1 heterocycles. The summed E-state index contributed by atoms with van der Waals surface area (Å²) in [5.41, 5.74) is 11.6. The van der Waals surface area contributed by atoms with Gasteiger partial charge in [-0.3, -0.25) is 14.5 Å². The highest BCUT2D eigenvalue weighted by molar-refractivity contribution is 5.93. The number of likely N-dealkylation sites (tertiary alicyclic amines) is 1. The van der Waals surface area contributed by atoms with Gasteiger partial charge < -0.3 is 20.7 Å². The Balaban J connectivity index is 1.45. The summed E-state index contributed by atoms with van der Waals surface area (Å²) < 4.78 is 5.71. The third kappa shape index (κ3) is 6.48. The summed E-state index contributed by atoms with van der Waals surface area (Å²) in [6.07, 6.45) is 1.66. The zero-order valence-corrected chi connectivity index (χ0v) is 20.4. The Bertz CT molecular complexity index is 990. The van der Waals surface area contributed by atoms with E-state index < -0.39 is 0 Å². The fourth-order valence-corrected chi connectivity index (χ4v) is 4.44. The van der Waals surface area contributed by atoms with Gasteiger partial charge in [0.25, 0.3) is 5.91 Å². The second-order valence-electron chi connectivity index (χ2n) is 9.15. The molecule has 7 nitrogen and oxygen atoms in total. The molecule has 3 rings (SSSR count). The lowest BCUT2D eigenvalue weighted by Gasteiger charge is -2.36. The minimum atomic E-state index is -0.0571. The number of carbonyl (C=O) groups is 2. The van der Waals surface area contributed by atoms with Gasteiger partial charge in [-0.25, -0.2) is 0 Å². The Kier molecular flexibility index (Phi) is 7.97. The van der Waals surface area contributed by atoms with Crippen molar-refractivity contribution in [2.24, 2.45) is 0 Å². The third-order valence-corrected chi connectivity index (χ3v) is 6.37. The molecule has 1 fully saturated rings. The molecule has 1 aliphatic rings. The number of carbonyl (C=O) groups excluding carboxylic acids is 2. The number of hydrogen-bond acceptors (Lipinski definition) is 5. The van der Waals surface area contributed by atoms with Crippen LogP contribution < -0.4 is 15.8 Å². The number of amides is 2. The maximum atomic E-state index is 12.7. The van der Waals surface area contributed by atoms with Gasteiger partial charge in [-0.05, 0) is 63.3 Å². The van der Waals surface area contributed by atoms with Gasteiger partial charge in [0.2, 0.25) is 5.91 Å². The van der Waals surface area contributed by atoms with Crippen LogP contribution in [-0.4, -0.2) is 60.9 Å². The van der Waals surface area contributed by atoms with Crippen LogP contribution in [0.1, 0.15) is 35.1 Å². The van der Waals surface area contributed by atoms with E-state index in [1.807, 2.05) is 40.0 Å². The molecule has 0 unspecified atom stereocenters. The van der Waals surface area contributed by atoms with Gasteiger partial charge in [0.05, 0.1) is 6.54 Å². The zero-order valence-electron chi connectivity index (χ0n) is 20.4. The van der Waals surface area contributed by atoms with Crippen LogP contribution in [0.5, 0.6) is 5.75 Å². The molecule has 2 aromatic carbocycles. The summed E-state index contributed by atoms with van der Waals surface area (Å²) in [7, 11) is 1.83. The monoisotopic (exact) mass is 452 g/mol. The van der Waals surface area contributed by atoms with Crippen molar-refractivity contribution in [3.8, 4) is 5.75 Å². The summed E-state index contributed by atoms with van der Waals surface area (Å²) in [6, 6.07) is 9.74. The van der Waals surface area contributed by atoms with Crippen LogP contribution >= 0.6 is 0 Å². The SMILES string of the molecule is Cc1cc(C)c(NC(=O)CN2CCC(N(C)C(=O)COc3cc(N)ccc3C)CC2)c(C)c1. The van der Waals surface area contributed by atoms with Crippen molar-refractivity contribution in [1.29, 1.82) is 0 Å². The van der Waals surface area contributed by atoms with Crippen molar-refractivity contribution >= 4 is 23.2 Å². The summed E-state index contributed by atoms with van der Waals surface area (Å²) in [5.74, 6) is 0.578. The summed E-state index contributed by atoms with van der Waals surface area (Å²) in [4.78, 5) is 29.2. The number of nitrogens with two attached hydrogens (primary N) is 1. The molecule has 0 saturated carbocycles. The smallest absolute Gasteiger partial charge is 0.260 e. The molecule has 33 heavy (non-hydrogen) atoms. The van der Waals surface area contributed by atoms with Gasteiger partial charge >= 0.3 is 0 Å². The standard InChI is InChI=1S/C26H36N4O3/c1-17-12-19(3)26(20(4)13-17)28-24(31)15-30-10-8-22(9-11-30)29(5)25(32)16-33-23-14-21(27)7-6-18(23)2/h6-7,12-14,22H,8-11,15-16,27H2,1-5H3,(H,28,31). The molecule has 0 atom stereocenters. The van der Waals surface area contributed by atoms with Gasteiger partial charge in [-0.1, -0.05) is 23.8 Å². The quantitative estimate of drug-likeness (QED) is 0.629. The summed E-state index contributed by atoms with van der Waals surface area (Å²) in [6.45, 7) is 9.91. The van der Waals surface area contributed by atoms with Crippen molar-refractivity contribution in [2.45, 2.75) is 46.6 Å². The number of nitrogens with one attached hydrogen (secondary N) is 1. The first kappa shape index (κ1) is 24.6. The minimum absolute atomic E-state index is 0.00108. The van der Waals surface area contributed by atoms with E-state index in [0.717, 1.165) is 48.3 Å². The second kappa shape index (κ2) is 10.7. The lowest BCUT2D eigenvalue weighted by Crippen LogP contribution is -2.48. The molecule has 0 spiro atoms. The first-order valence-electron chi connectivity index (χ1n) is 11.5. The van der Waals surface area contributed by atoms with Crippen LogP contribution in [0.4, 0.5) is 11.4 Å². The highest BCUT2D eigenvalue weighted by atomic mass is 16.5. The Hall–Kier alpha value is -3.06. The lowest BCUT2D eigenvalue weighted by atomic mass is 10.0. The van der Waals surface area contributed by atoms with E-state index in [-0.39, 0.29) is 24.5 Å². The normalized spacial score (nSPS) is 14.7. The first-order chi connectivity index (χ1) is 15.6. The molecule has 7 heteroatoms. The molecular weight excluding hydrogens is 416 g/mol. The zero-order chi connectivity index (χ0) is 24.1. The van der Waals surface area contributed by atoms with Gasteiger partial charge in [-0.15, -0.1) is 0 Å². The molecular formula is C26H36N4O3. The van der Waals surface area contributed by atoms with Gasteiger partial charge in [0.15, 0.2) is 6.61 Å². The molecule has 2 aromatic rings. The average molecular weight is 453 g/mol. The first-order valence-corrected chi connectivity index (χ1v) is 11.5. The van der Waals surface area contributed by atoms with Crippen LogP contribution in [-0.2, 0) is 9.59 Å². The number of nitrogen functional groups attached to an aromatic ring is 1. The number of benzene rings is 2. The predicted octanol–water partition coefficient (Wildman–Crippen LogP) is 3.44. The molecule has 3 N–H and O–H groups in total. The predicted molar refractivity (Wildman–Crippen MR) is 133 cm³/mol. The number of likely N-dealkylation sites (N-methyl/N-ethyl adjacent to an activating group) is 1. The van der Waals surface area contributed by atoms with Crippen LogP contribution in [0.3, 0.4) is 0 Å². The number of rotatable bonds is 7.